The summed E-state index contributed by atoms with van der Waals surface area (Å²) in [7, 11) is 0. The van der Waals surface area contributed by atoms with Gasteiger partial charge in [-0.15, -0.1) is 0 Å². The van der Waals surface area contributed by atoms with Crippen molar-refractivity contribution in [1.82, 2.24) is 4.98 Å². The number of hydrogen-bond donors (Lipinski definition) is 2. The fraction of sp³-hybridized carbons (Fsp3) is 0.250. The van der Waals surface area contributed by atoms with Crippen LogP contribution in [-0.2, 0) is 6.42 Å². The number of carbonyl (C=O) groups is 1. The largest absolute Gasteiger partial charge is 0.478 e. The number of aromatic nitrogens is 1. The zero-order chi connectivity index (χ0) is 13.3. The third-order valence-corrected chi connectivity index (χ3v) is 2.82. The number of rotatable bonds is 4. The highest BCUT2D eigenvalue weighted by atomic mass is 16.6. The summed E-state index contributed by atoms with van der Waals surface area (Å²) in [6.07, 6.45) is 3.34. The highest BCUT2D eigenvalue weighted by molar-refractivity contribution is 5.99. The minimum atomic E-state index is -1.16. The van der Waals surface area contributed by atoms with Gasteiger partial charge in [0.25, 0.3) is 5.69 Å². The Morgan fingerprint density at radius 2 is 2.22 bits per heavy atom. The number of carboxylic acids is 1. The second kappa shape index (κ2) is 4.48. The number of H-pyrrole nitrogens is 1. The molecule has 0 fully saturated rings. The number of carboxylic acid groups (broad SMARTS) is 1. The van der Waals surface area contributed by atoms with Gasteiger partial charge in [-0.2, -0.15) is 0 Å². The highest BCUT2D eigenvalue weighted by Crippen LogP contribution is 2.29. The number of non-ortho nitro benzene ring substituents is 1. The number of nitro benzene ring substituents is 1. The highest BCUT2D eigenvalue weighted by Gasteiger charge is 2.19. The van der Waals surface area contributed by atoms with Gasteiger partial charge >= 0.3 is 5.97 Å². The van der Waals surface area contributed by atoms with Crippen molar-refractivity contribution in [1.29, 1.82) is 0 Å². The number of aryl methyl sites for hydroxylation is 1. The van der Waals surface area contributed by atoms with Crippen LogP contribution in [0.2, 0.25) is 0 Å². The van der Waals surface area contributed by atoms with E-state index in [1.165, 1.54) is 6.07 Å². The van der Waals surface area contributed by atoms with Crippen molar-refractivity contribution >= 4 is 22.6 Å². The van der Waals surface area contributed by atoms with Crippen LogP contribution in [0, 0.1) is 10.1 Å². The molecule has 0 unspecified atom stereocenters. The summed E-state index contributed by atoms with van der Waals surface area (Å²) in [5.74, 6) is -1.16. The predicted octanol–water partition coefficient (Wildman–Crippen LogP) is 2.73. The third kappa shape index (κ3) is 1.92. The van der Waals surface area contributed by atoms with Crippen LogP contribution < -0.4 is 0 Å². The van der Waals surface area contributed by atoms with Crippen molar-refractivity contribution in [3.63, 3.8) is 0 Å². The van der Waals surface area contributed by atoms with E-state index in [-0.39, 0.29) is 11.3 Å². The third-order valence-electron chi connectivity index (χ3n) is 2.82. The minimum Gasteiger partial charge on any atom is -0.478 e. The standard InChI is InChI=1S/C12H12N2O4/c1-2-3-7-6-13-11-9(7)4-8(12(15)16)5-10(11)14(17)18/h4-6,13H,2-3H2,1H3,(H,15,16). The van der Waals surface area contributed by atoms with E-state index in [1.807, 2.05) is 6.92 Å². The van der Waals surface area contributed by atoms with Crippen LogP contribution in [0.5, 0.6) is 0 Å². The van der Waals surface area contributed by atoms with Gasteiger partial charge in [-0.3, -0.25) is 10.1 Å². The van der Waals surface area contributed by atoms with Crippen molar-refractivity contribution in [3.8, 4) is 0 Å². The van der Waals surface area contributed by atoms with Gasteiger partial charge < -0.3 is 10.1 Å². The van der Waals surface area contributed by atoms with Crippen LogP contribution in [0.15, 0.2) is 18.3 Å². The van der Waals surface area contributed by atoms with E-state index in [0.717, 1.165) is 24.5 Å². The van der Waals surface area contributed by atoms with Crippen molar-refractivity contribution < 1.29 is 14.8 Å². The van der Waals surface area contributed by atoms with Gasteiger partial charge in [0.1, 0.15) is 5.52 Å². The summed E-state index contributed by atoms with van der Waals surface area (Å²) < 4.78 is 0. The maximum atomic E-state index is 11.0. The molecule has 1 aromatic heterocycles. The number of fused-ring (bicyclic) bond motifs is 1. The van der Waals surface area contributed by atoms with E-state index >= 15 is 0 Å². The Hall–Kier alpha value is -2.37. The molecule has 0 aliphatic heterocycles. The van der Waals surface area contributed by atoms with Crippen LogP contribution in [0.3, 0.4) is 0 Å². The second-order valence-corrected chi connectivity index (χ2v) is 4.04. The number of hydrogen-bond acceptors (Lipinski definition) is 3. The molecule has 94 valence electrons. The first kappa shape index (κ1) is 12.1. The first-order valence-corrected chi connectivity index (χ1v) is 5.56. The molecule has 18 heavy (non-hydrogen) atoms. The Labute approximate surface area is 102 Å². The number of aromatic amines is 1. The summed E-state index contributed by atoms with van der Waals surface area (Å²) in [5, 5.41) is 20.5. The summed E-state index contributed by atoms with van der Waals surface area (Å²) >= 11 is 0. The molecule has 0 saturated carbocycles. The molecule has 2 rings (SSSR count). The quantitative estimate of drug-likeness (QED) is 0.642. The molecular formula is C12H12N2O4. The molecule has 0 aliphatic rings. The molecule has 6 heteroatoms. The van der Waals surface area contributed by atoms with E-state index in [4.69, 9.17) is 5.11 Å². The lowest BCUT2D eigenvalue weighted by atomic mass is 10.1. The fourth-order valence-electron chi connectivity index (χ4n) is 2.01. The van der Waals surface area contributed by atoms with Gasteiger partial charge in [-0.05, 0) is 18.1 Å². The topological polar surface area (TPSA) is 96.2 Å². The van der Waals surface area contributed by atoms with Crippen LogP contribution in [-0.4, -0.2) is 21.0 Å². The van der Waals surface area contributed by atoms with E-state index in [1.54, 1.807) is 6.20 Å². The predicted molar refractivity (Wildman–Crippen MR) is 65.9 cm³/mol. The average Bonchev–Trinajstić information content (AvgIpc) is 2.71. The van der Waals surface area contributed by atoms with Gasteiger partial charge in [0.2, 0.25) is 0 Å². The van der Waals surface area contributed by atoms with Crippen molar-refractivity contribution in [2.75, 3.05) is 0 Å². The molecule has 6 nitrogen and oxygen atoms in total. The van der Waals surface area contributed by atoms with E-state index < -0.39 is 10.9 Å². The molecule has 0 saturated heterocycles. The molecule has 0 amide bonds. The molecule has 1 aromatic carbocycles. The molecule has 0 aliphatic carbocycles. The Bertz CT molecular complexity index is 630. The maximum absolute atomic E-state index is 11.0. The zero-order valence-electron chi connectivity index (χ0n) is 9.77. The maximum Gasteiger partial charge on any atom is 0.335 e. The smallest absolute Gasteiger partial charge is 0.335 e. The molecule has 2 N–H and O–H groups in total. The van der Waals surface area contributed by atoms with Crippen molar-refractivity contribution in [3.05, 3.63) is 39.6 Å². The van der Waals surface area contributed by atoms with Gasteiger partial charge in [-0.1, -0.05) is 13.3 Å². The number of nitrogens with one attached hydrogen (secondary N) is 1. The summed E-state index contributed by atoms with van der Waals surface area (Å²) in [5.41, 5.74) is 1.02. The lowest BCUT2D eigenvalue weighted by Gasteiger charge is -2.00. The lowest BCUT2D eigenvalue weighted by molar-refractivity contribution is -0.383. The number of benzene rings is 1. The van der Waals surface area contributed by atoms with Crippen LogP contribution >= 0.6 is 0 Å². The lowest BCUT2D eigenvalue weighted by Crippen LogP contribution is -1.99. The minimum absolute atomic E-state index is 0.0637. The number of aromatic carboxylic acids is 1. The molecule has 2 aromatic rings. The van der Waals surface area contributed by atoms with Crippen LogP contribution in [0.1, 0.15) is 29.3 Å². The van der Waals surface area contributed by atoms with Gasteiger partial charge in [0.05, 0.1) is 10.5 Å². The van der Waals surface area contributed by atoms with E-state index in [2.05, 4.69) is 4.98 Å². The second-order valence-electron chi connectivity index (χ2n) is 4.04. The molecule has 0 atom stereocenters. The molecular weight excluding hydrogens is 236 g/mol. The number of nitrogens with zero attached hydrogens (tertiary/aromatic N) is 1. The Kier molecular flexibility index (Phi) is 3.01. The number of nitro groups is 1. The summed E-state index contributed by atoms with van der Waals surface area (Å²) in [6, 6.07) is 2.56. The zero-order valence-corrected chi connectivity index (χ0v) is 9.77. The normalized spacial score (nSPS) is 10.7. The molecule has 1 heterocycles. The molecule has 0 bridgehead atoms. The van der Waals surface area contributed by atoms with Gasteiger partial charge in [0, 0.05) is 17.6 Å². The SMILES string of the molecule is CCCc1c[nH]c2c([N+](=O)[O-])cc(C(=O)O)cc12. The fourth-order valence-corrected chi connectivity index (χ4v) is 2.01. The Morgan fingerprint density at radius 1 is 1.50 bits per heavy atom. The van der Waals surface area contributed by atoms with Gasteiger partial charge in [0.15, 0.2) is 0 Å². The monoisotopic (exact) mass is 248 g/mol. The van der Waals surface area contributed by atoms with E-state index in [0.29, 0.717) is 10.9 Å². The summed E-state index contributed by atoms with van der Waals surface area (Å²) in [4.78, 5) is 24.2. The Balaban J connectivity index is 2.75. The first-order valence-electron chi connectivity index (χ1n) is 5.56. The van der Waals surface area contributed by atoms with Crippen LogP contribution in [0.4, 0.5) is 5.69 Å². The van der Waals surface area contributed by atoms with Crippen molar-refractivity contribution in [2.45, 2.75) is 19.8 Å². The summed E-state index contributed by atoms with van der Waals surface area (Å²) in [6.45, 7) is 1.99. The van der Waals surface area contributed by atoms with E-state index in [9.17, 15) is 14.9 Å². The molecule has 0 spiro atoms. The van der Waals surface area contributed by atoms with Crippen LogP contribution in [0.25, 0.3) is 10.9 Å². The van der Waals surface area contributed by atoms with Crippen molar-refractivity contribution in [2.24, 2.45) is 0 Å². The average molecular weight is 248 g/mol. The molecule has 0 radical (unpaired) electrons. The van der Waals surface area contributed by atoms with Gasteiger partial charge in [-0.25, -0.2) is 4.79 Å². The first-order chi connectivity index (χ1) is 8.54. The Morgan fingerprint density at radius 3 is 2.78 bits per heavy atom.